The zero-order valence-corrected chi connectivity index (χ0v) is 8.92. The lowest BCUT2D eigenvalue weighted by atomic mass is 10.0. The molecule has 0 saturated carbocycles. The molecule has 0 aliphatic carbocycles. The zero-order valence-electron chi connectivity index (χ0n) is 8.92. The van der Waals surface area contributed by atoms with Crippen LogP contribution < -0.4 is 5.32 Å². The maximum absolute atomic E-state index is 11.2. The highest BCUT2D eigenvalue weighted by Crippen LogP contribution is 2.13. The summed E-state index contributed by atoms with van der Waals surface area (Å²) in [6.45, 7) is 7.80. The van der Waals surface area contributed by atoms with Crippen LogP contribution in [0.15, 0.2) is 0 Å². The van der Waals surface area contributed by atoms with Crippen LogP contribution in [0.4, 0.5) is 0 Å². The summed E-state index contributed by atoms with van der Waals surface area (Å²) in [5.41, 5.74) is -0.0837. The van der Waals surface area contributed by atoms with Crippen LogP contribution in [0, 0.1) is 0 Å². The lowest BCUT2D eigenvalue weighted by molar-refractivity contribution is -0.130. The van der Waals surface area contributed by atoms with E-state index < -0.39 is 0 Å². The van der Waals surface area contributed by atoms with Gasteiger partial charge in [-0.1, -0.05) is 0 Å². The van der Waals surface area contributed by atoms with Gasteiger partial charge in [-0.3, -0.25) is 19.8 Å². The van der Waals surface area contributed by atoms with Crippen molar-refractivity contribution < 1.29 is 9.59 Å². The van der Waals surface area contributed by atoms with Gasteiger partial charge in [0.25, 0.3) is 0 Å². The van der Waals surface area contributed by atoms with Crippen LogP contribution in [0.5, 0.6) is 0 Å². The molecule has 1 unspecified atom stereocenters. The molecule has 0 fully saturated rings. The van der Waals surface area contributed by atoms with Gasteiger partial charge < -0.3 is 0 Å². The first kappa shape index (κ1) is 12.1. The van der Waals surface area contributed by atoms with E-state index in [4.69, 9.17) is 0 Å². The fraction of sp³-hybridized carbons (Fsp3) is 0.778. The number of hydrogen-bond donors (Lipinski definition) is 1. The second-order valence-electron chi connectivity index (χ2n) is 4.08. The first-order valence-electron chi connectivity index (χ1n) is 4.27. The quantitative estimate of drug-likeness (QED) is 0.648. The molecule has 1 atom stereocenters. The molecule has 13 heavy (non-hydrogen) atoms. The lowest BCUT2D eigenvalue weighted by Gasteiger charge is -2.35. The van der Waals surface area contributed by atoms with E-state index in [-0.39, 0.29) is 17.5 Å². The van der Waals surface area contributed by atoms with Crippen molar-refractivity contribution in [2.24, 2.45) is 0 Å². The monoisotopic (exact) mass is 186 g/mol. The normalized spacial score (nSPS) is 14.0. The summed E-state index contributed by atoms with van der Waals surface area (Å²) in [7, 11) is 1.86. The lowest BCUT2D eigenvalue weighted by Crippen LogP contribution is -2.50. The van der Waals surface area contributed by atoms with Crippen molar-refractivity contribution in [3.05, 3.63) is 0 Å². The Balaban J connectivity index is 4.33. The van der Waals surface area contributed by atoms with E-state index in [2.05, 4.69) is 5.32 Å². The second-order valence-corrected chi connectivity index (χ2v) is 4.08. The van der Waals surface area contributed by atoms with Crippen LogP contribution in [0.2, 0.25) is 0 Å². The van der Waals surface area contributed by atoms with Gasteiger partial charge in [0.1, 0.15) is 0 Å². The third-order valence-electron chi connectivity index (χ3n) is 2.22. The van der Waals surface area contributed by atoms with Crippen LogP contribution in [-0.2, 0) is 9.59 Å². The van der Waals surface area contributed by atoms with Gasteiger partial charge in [0.15, 0.2) is 0 Å². The Hall–Kier alpha value is -0.900. The van der Waals surface area contributed by atoms with Crippen molar-refractivity contribution in [1.82, 2.24) is 10.2 Å². The molecule has 0 heterocycles. The molecule has 1 N–H and O–H groups in total. The molecule has 0 aliphatic heterocycles. The molecule has 0 radical (unpaired) electrons. The summed E-state index contributed by atoms with van der Waals surface area (Å²) < 4.78 is 0. The fourth-order valence-corrected chi connectivity index (χ4v) is 0.936. The summed E-state index contributed by atoms with van der Waals surface area (Å²) in [6.07, 6.45) is 0.412. The Morgan fingerprint density at radius 1 is 1.46 bits per heavy atom. The van der Waals surface area contributed by atoms with E-state index >= 15 is 0 Å². The van der Waals surface area contributed by atoms with Crippen LogP contribution in [0.3, 0.4) is 0 Å². The van der Waals surface area contributed by atoms with E-state index in [1.54, 1.807) is 6.92 Å². The molecular formula is C9H18N2O2. The zero-order chi connectivity index (χ0) is 10.6. The molecule has 0 aromatic rings. The first-order chi connectivity index (χ1) is 5.80. The fourth-order valence-electron chi connectivity index (χ4n) is 0.936. The molecule has 0 aliphatic rings. The third kappa shape index (κ3) is 3.55. The second kappa shape index (κ2) is 4.37. The van der Waals surface area contributed by atoms with Gasteiger partial charge >= 0.3 is 0 Å². The molecule has 0 rings (SSSR count). The smallest absolute Gasteiger partial charge is 0.243 e. The first-order valence-corrected chi connectivity index (χ1v) is 4.27. The van der Waals surface area contributed by atoms with Crippen molar-refractivity contribution in [2.75, 3.05) is 7.05 Å². The van der Waals surface area contributed by atoms with Gasteiger partial charge in [0.05, 0.1) is 6.04 Å². The van der Waals surface area contributed by atoms with Gasteiger partial charge in [0, 0.05) is 5.54 Å². The maximum atomic E-state index is 11.2. The highest BCUT2D eigenvalue weighted by Gasteiger charge is 2.26. The molecule has 4 nitrogen and oxygen atoms in total. The highest BCUT2D eigenvalue weighted by molar-refractivity contribution is 5.89. The van der Waals surface area contributed by atoms with Crippen LogP contribution in [0.1, 0.15) is 27.7 Å². The minimum Gasteiger partial charge on any atom is -0.298 e. The number of rotatable bonds is 3. The van der Waals surface area contributed by atoms with Crippen molar-refractivity contribution in [3.63, 3.8) is 0 Å². The standard InChI is InChI=1S/C9H18N2O2/c1-7(8(13)10-6-12)11(5)9(2,3)4/h6-7H,1-5H3,(H,10,12,13). The molecular weight excluding hydrogens is 168 g/mol. The highest BCUT2D eigenvalue weighted by atomic mass is 16.2. The van der Waals surface area contributed by atoms with Crippen molar-refractivity contribution in [2.45, 2.75) is 39.3 Å². The number of likely N-dealkylation sites (N-methyl/N-ethyl adjacent to an activating group) is 1. The summed E-state index contributed by atoms with van der Waals surface area (Å²) in [6, 6.07) is -0.301. The maximum Gasteiger partial charge on any atom is 0.243 e. The van der Waals surface area contributed by atoms with Gasteiger partial charge in [-0.15, -0.1) is 0 Å². The van der Waals surface area contributed by atoms with Gasteiger partial charge in [-0.25, -0.2) is 0 Å². The number of nitrogens with zero attached hydrogens (tertiary/aromatic N) is 1. The van der Waals surface area contributed by atoms with Crippen LogP contribution >= 0.6 is 0 Å². The summed E-state index contributed by atoms with van der Waals surface area (Å²) in [5, 5.41) is 2.14. The van der Waals surface area contributed by atoms with Gasteiger partial charge in [-0.05, 0) is 34.7 Å². The molecule has 0 spiro atoms. The number of carbonyl (C=O) groups is 2. The average Bonchev–Trinajstić information content (AvgIpc) is 2.00. The predicted octanol–water partition coefficient (Wildman–Crippen LogP) is 0.378. The van der Waals surface area contributed by atoms with Gasteiger partial charge in [0.2, 0.25) is 12.3 Å². The van der Waals surface area contributed by atoms with Crippen molar-refractivity contribution in [3.8, 4) is 0 Å². The number of amides is 2. The molecule has 0 aromatic heterocycles. The summed E-state index contributed by atoms with van der Waals surface area (Å²) in [4.78, 5) is 23.2. The summed E-state index contributed by atoms with van der Waals surface area (Å²) >= 11 is 0. The predicted molar refractivity (Wildman–Crippen MR) is 51.2 cm³/mol. The molecule has 2 amide bonds. The van der Waals surface area contributed by atoms with Crippen molar-refractivity contribution in [1.29, 1.82) is 0 Å². The van der Waals surface area contributed by atoms with Crippen molar-refractivity contribution >= 4 is 12.3 Å². The Labute approximate surface area is 79.3 Å². The van der Waals surface area contributed by atoms with Gasteiger partial charge in [-0.2, -0.15) is 0 Å². The third-order valence-corrected chi connectivity index (χ3v) is 2.22. The Bertz CT molecular complexity index is 196. The van der Waals surface area contributed by atoms with E-state index in [0.29, 0.717) is 6.41 Å². The summed E-state index contributed by atoms with van der Waals surface area (Å²) in [5.74, 6) is -0.271. The van der Waals surface area contributed by atoms with Crippen LogP contribution in [-0.4, -0.2) is 35.8 Å². The number of nitrogens with one attached hydrogen (secondary N) is 1. The van der Waals surface area contributed by atoms with E-state index in [1.165, 1.54) is 0 Å². The van der Waals surface area contributed by atoms with Crippen LogP contribution in [0.25, 0.3) is 0 Å². The molecule has 0 saturated heterocycles. The number of carbonyl (C=O) groups excluding carboxylic acids is 2. The minimum absolute atomic E-state index is 0.0837. The molecule has 4 heteroatoms. The minimum atomic E-state index is -0.301. The molecule has 0 bridgehead atoms. The topological polar surface area (TPSA) is 49.4 Å². The number of hydrogen-bond acceptors (Lipinski definition) is 3. The Morgan fingerprint density at radius 2 is 1.92 bits per heavy atom. The Morgan fingerprint density at radius 3 is 2.23 bits per heavy atom. The number of imide groups is 1. The Kier molecular flexibility index (Phi) is 4.07. The molecule has 76 valence electrons. The van der Waals surface area contributed by atoms with E-state index in [0.717, 1.165) is 0 Å². The SMILES string of the molecule is CC(C(=O)NC=O)N(C)C(C)(C)C. The van der Waals surface area contributed by atoms with E-state index in [1.807, 2.05) is 32.7 Å². The average molecular weight is 186 g/mol. The largest absolute Gasteiger partial charge is 0.298 e. The van der Waals surface area contributed by atoms with E-state index in [9.17, 15) is 9.59 Å². The molecule has 0 aromatic carbocycles.